The maximum atomic E-state index is 10.7. The van der Waals surface area contributed by atoms with Crippen LogP contribution >= 0.6 is 11.3 Å². The van der Waals surface area contributed by atoms with Gasteiger partial charge >= 0.3 is 0 Å². The standard InChI is InChI=1S/C12H20N2OS/c1-4-11-5-6-12(16-11)9(2)13-7-8-14-10(3)15/h5-6,9,13H,4,7-8H2,1-3H3,(H,14,15). The van der Waals surface area contributed by atoms with Crippen molar-refractivity contribution in [2.24, 2.45) is 0 Å². The van der Waals surface area contributed by atoms with Crippen LogP contribution in [0.5, 0.6) is 0 Å². The van der Waals surface area contributed by atoms with Crippen LogP contribution in [-0.2, 0) is 11.2 Å². The third-order valence-corrected chi connectivity index (χ3v) is 3.82. The molecule has 0 spiro atoms. The van der Waals surface area contributed by atoms with Crippen LogP contribution in [0.3, 0.4) is 0 Å². The molecule has 1 aromatic heterocycles. The van der Waals surface area contributed by atoms with Crippen molar-refractivity contribution >= 4 is 17.2 Å². The molecule has 0 aromatic carbocycles. The zero-order chi connectivity index (χ0) is 12.0. The minimum atomic E-state index is 0.0267. The monoisotopic (exact) mass is 240 g/mol. The summed E-state index contributed by atoms with van der Waals surface area (Å²) < 4.78 is 0. The van der Waals surface area contributed by atoms with Gasteiger partial charge in [0.2, 0.25) is 5.91 Å². The molecule has 0 saturated heterocycles. The van der Waals surface area contributed by atoms with Crippen molar-refractivity contribution in [2.75, 3.05) is 13.1 Å². The molecule has 0 aliphatic heterocycles. The smallest absolute Gasteiger partial charge is 0.216 e. The molecule has 4 heteroatoms. The average molecular weight is 240 g/mol. The van der Waals surface area contributed by atoms with Crippen LogP contribution in [0.1, 0.15) is 36.6 Å². The number of rotatable bonds is 6. The van der Waals surface area contributed by atoms with Crippen molar-refractivity contribution in [3.63, 3.8) is 0 Å². The van der Waals surface area contributed by atoms with Crippen molar-refractivity contribution < 1.29 is 4.79 Å². The zero-order valence-corrected chi connectivity index (χ0v) is 11.0. The lowest BCUT2D eigenvalue weighted by Gasteiger charge is -2.11. The first-order valence-electron chi connectivity index (χ1n) is 5.70. The van der Waals surface area contributed by atoms with E-state index in [1.807, 2.05) is 11.3 Å². The summed E-state index contributed by atoms with van der Waals surface area (Å²) in [5, 5.41) is 6.16. The molecular formula is C12H20N2OS. The highest BCUT2D eigenvalue weighted by Gasteiger charge is 2.06. The van der Waals surface area contributed by atoms with Gasteiger partial charge in [-0.15, -0.1) is 11.3 Å². The summed E-state index contributed by atoms with van der Waals surface area (Å²) in [6.45, 7) is 7.35. The van der Waals surface area contributed by atoms with Gasteiger partial charge in [0, 0.05) is 35.8 Å². The molecule has 1 unspecified atom stereocenters. The molecule has 1 aromatic rings. The van der Waals surface area contributed by atoms with E-state index in [4.69, 9.17) is 0 Å². The van der Waals surface area contributed by atoms with Gasteiger partial charge in [-0.2, -0.15) is 0 Å². The van der Waals surface area contributed by atoms with Gasteiger partial charge in [-0.25, -0.2) is 0 Å². The van der Waals surface area contributed by atoms with E-state index in [-0.39, 0.29) is 5.91 Å². The van der Waals surface area contributed by atoms with Crippen molar-refractivity contribution in [3.8, 4) is 0 Å². The maximum absolute atomic E-state index is 10.7. The number of carbonyl (C=O) groups excluding carboxylic acids is 1. The summed E-state index contributed by atoms with van der Waals surface area (Å²) in [5.41, 5.74) is 0. The van der Waals surface area contributed by atoms with Crippen LogP contribution in [-0.4, -0.2) is 19.0 Å². The molecule has 0 aliphatic carbocycles. The van der Waals surface area contributed by atoms with Gasteiger partial charge in [-0.05, 0) is 25.5 Å². The Hall–Kier alpha value is -0.870. The van der Waals surface area contributed by atoms with E-state index in [2.05, 4.69) is 36.6 Å². The number of aryl methyl sites for hydroxylation is 1. The first kappa shape index (κ1) is 13.2. The van der Waals surface area contributed by atoms with E-state index in [1.165, 1.54) is 16.7 Å². The van der Waals surface area contributed by atoms with Crippen molar-refractivity contribution in [1.29, 1.82) is 0 Å². The van der Waals surface area contributed by atoms with Crippen LogP contribution in [0.15, 0.2) is 12.1 Å². The number of hydrogen-bond acceptors (Lipinski definition) is 3. The highest BCUT2D eigenvalue weighted by Crippen LogP contribution is 2.23. The van der Waals surface area contributed by atoms with Gasteiger partial charge < -0.3 is 10.6 Å². The number of nitrogens with one attached hydrogen (secondary N) is 2. The number of thiophene rings is 1. The van der Waals surface area contributed by atoms with Gasteiger partial charge in [-0.1, -0.05) is 6.92 Å². The minimum absolute atomic E-state index is 0.0267. The molecule has 2 N–H and O–H groups in total. The molecule has 3 nitrogen and oxygen atoms in total. The minimum Gasteiger partial charge on any atom is -0.355 e. The molecule has 16 heavy (non-hydrogen) atoms. The molecule has 1 rings (SSSR count). The molecule has 1 atom stereocenters. The number of hydrogen-bond donors (Lipinski definition) is 2. The summed E-state index contributed by atoms with van der Waals surface area (Å²) in [6.07, 6.45) is 1.10. The highest BCUT2D eigenvalue weighted by atomic mass is 32.1. The Kier molecular flexibility index (Phi) is 5.49. The van der Waals surface area contributed by atoms with Crippen LogP contribution in [0.25, 0.3) is 0 Å². The van der Waals surface area contributed by atoms with Gasteiger partial charge in [0.15, 0.2) is 0 Å². The topological polar surface area (TPSA) is 41.1 Å². The second-order valence-corrected chi connectivity index (χ2v) is 5.02. The first-order chi connectivity index (χ1) is 7.63. The summed E-state index contributed by atoms with van der Waals surface area (Å²) in [6, 6.07) is 4.73. The van der Waals surface area contributed by atoms with E-state index in [1.54, 1.807) is 0 Å². The number of amides is 1. The Labute approximate surface area is 101 Å². The quantitative estimate of drug-likeness (QED) is 0.748. The van der Waals surface area contributed by atoms with E-state index in [0.717, 1.165) is 13.0 Å². The third-order valence-electron chi connectivity index (χ3n) is 2.41. The van der Waals surface area contributed by atoms with Crippen LogP contribution in [0.2, 0.25) is 0 Å². The Bertz CT molecular complexity index is 336. The summed E-state index contributed by atoms with van der Waals surface area (Å²) in [5.74, 6) is 0.0267. The van der Waals surface area contributed by atoms with E-state index >= 15 is 0 Å². The highest BCUT2D eigenvalue weighted by molar-refractivity contribution is 7.12. The van der Waals surface area contributed by atoms with Gasteiger partial charge in [0.25, 0.3) is 0 Å². The van der Waals surface area contributed by atoms with Crippen molar-refractivity contribution in [1.82, 2.24) is 10.6 Å². The normalized spacial score (nSPS) is 12.4. The van der Waals surface area contributed by atoms with Gasteiger partial charge in [0.1, 0.15) is 0 Å². The SMILES string of the molecule is CCc1ccc(C(C)NCCNC(C)=O)s1. The molecule has 0 saturated carbocycles. The fraction of sp³-hybridized carbons (Fsp3) is 0.583. The molecule has 0 fully saturated rings. The predicted molar refractivity (Wildman–Crippen MR) is 68.8 cm³/mol. The first-order valence-corrected chi connectivity index (χ1v) is 6.51. The lowest BCUT2D eigenvalue weighted by atomic mass is 10.2. The summed E-state index contributed by atoms with van der Waals surface area (Å²) in [4.78, 5) is 13.4. The lowest BCUT2D eigenvalue weighted by Crippen LogP contribution is -2.31. The fourth-order valence-electron chi connectivity index (χ4n) is 1.45. The lowest BCUT2D eigenvalue weighted by molar-refractivity contribution is -0.118. The summed E-state index contributed by atoms with van der Waals surface area (Å²) >= 11 is 1.86. The fourth-order valence-corrected chi connectivity index (χ4v) is 2.42. The van der Waals surface area contributed by atoms with Gasteiger partial charge in [0.05, 0.1) is 0 Å². The van der Waals surface area contributed by atoms with Crippen LogP contribution < -0.4 is 10.6 Å². The van der Waals surface area contributed by atoms with Gasteiger partial charge in [-0.3, -0.25) is 4.79 Å². The Morgan fingerprint density at radius 3 is 2.75 bits per heavy atom. The molecule has 0 aliphatic rings. The van der Waals surface area contributed by atoms with Crippen molar-refractivity contribution in [3.05, 3.63) is 21.9 Å². The zero-order valence-electron chi connectivity index (χ0n) is 10.2. The largest absolute Gasteiger partial charge is 0.355 e. The molecule has 90 valence electrons. The Balaban J connectivity index is 2.29. The molecule has 0 radical (unpaired) electrons. The van der Waals surface area contributed by atoms with E-state index < -0.39 is 0 Å². The second-order valence-electron chi connectivity index (χ2n) is 3.82. The van der Waals surface area contributed by atoms with E-state index in [0.29, 0.717) is 12.6 Å². The maximum Gasteiger partial charge on any atom is 0.216 e. The third kappa shape index (κ3) is 4.33. The molecule has 1 heterocycles. The Morgan fingerprint density at radius 2 is 2.19 bits per heavy atom. The predicted octanol–water partition coefficient (Wildman–Crippen LogP) is 2.10. The van der Waals surface area contributed by atoms with Crippen molar-refractivity contribution in [2.45, 2.75) is 33.2 Å². The average Bonchev–Trinajstić information content (AvgIpc) is 2.72. The molecular weight excluding hydrogens is 220 g/mol. The molecule has 0 bridgehead atoms. The summed E-state index contributed by atoms with van der Waals surface area (Å²) in [7, 11) is 0. The van der Waals surface area contributed by atoms with E-state index in [9.17, 15) is 4.79 Å². The second kappa shape index (κ2) is 6.66. The van der Waals surface area contributed by atoms with Crippen LogP contribution in [0.4, 0.5) is 0 Å². The van der Waals surface area contributed by atoms with Crippen LogP contribution in [0, 0.1) is 0 Å². The Morgan fingerprint density at radius 1 is 1.44 bits per heavy atom. The number of carbonyl (C=O) groups is 1. The molecule has 1 amide bonds.